The fraction of sp³-hybridized carbons (Fsp3) is 0.600. The monoisotopic (exact) mass is 360 g/mol. The van der Waals surface area contributed by atoms with Crippen molar-refractivity contribution in [1.82, 2.24) is 4.72 Å². The van der Waals surface area contributed by atoms with Gasteiger partial charge in [0.15, 0.2) is 9.84 Å². The second kappa shape index (κ2) is 6.88. The van der Waals surface area contributed by atoms with Crippen molar-refractivity contribution in [1.29, 1.82) is 0 Å². The molecule has 8 heteroatoms. The molecule has 1 aromatic rings. The summed E-state index contributed by atoms with van der Waals surface area (Å²) in [6.45, 7) is 2.09. The standard InChI is InChI=1S/C15H24N2O4S2/c1-11-7-8-13(22(2,18)19)9-15(11)23(20,21)17-14-6-4-3-5-12(14)10-16/h7-9,12,14,17H,3-6,10,16H2,1-2H3/t12-,14-/m0/s1. The van der Waals surface area contributed by atoms with Crippen LogP contribution in [0.4, 0.5) is 0 Å². The maximum absolute atomic E-state index is 12.7. The summed E-state index contributed by atoms with van der Waals surface area (Å²) in [5.41, 5.74) is 6.27. The van der Waals surface area contributed by atoms with Crippen LogP contribution in [0.25, 0.3) is 0 Å². The highest BCUT2D eigenvalue weighted by atomic mass is 32.2. The SMILES string of the molecule is Cc1ccc(S(C)(=O)=O)cc1S(=O)(=O)N[C@H]1CCCC[C@H]1CN. The summed E-state index contributed by atoms with van der Waals surface area (Å²) in [4.78, 5) is 0.0178. The Balaban J connectivity index is 2.36. The summed E-state index contributed by atoms with van der Waals surface area (Å²) in [5, 5.41) is 0. The van der Waals surface area contributed by atoms with E-state index in [1.54, 1.807) is 6.92 Å². The second-order valence-electron chi connectivity index (χ2n) is 6.21. The van der Waals surface area contributed by atoms with Crippen molar-refractivity contribution in [2.75, 3.05) is 12.8 Å². The molecule has 0 bridgehead atoms. The number of hydrogen-bond donors (Lipinski definition) is 2. The van der Waals surface area contributed by atoms with Gasteiger partial charge in [-0.1, -0.05) is 18.9 Å². The lowest BCUT2D eigenvalue weighted by molar-refractivity contribution is 0.296. The Morgan fingerprint density at radius 1 is 1.17 bits per heavy atom. The van der Waals surface area contributed by atoms with Gasteiger partial charge in [-0.3, -0.25) is 0 Å². The summed E-state index contributed by atoms with van der Waals surface area (Å²) >= 11 is 0. The highest BCUT2D eigenvalue weighted by Crippen LogP contribution is 2.26. The van der Waals surface area contributed by atoms with Gasteiger partial charge in [-0.2, -0.15) is 0 Å². The van der Waals surface area contributed by atoms with Crippen LogP contribution in [-0.2, 0) is 19.9 Å². The molecule has 0 aromatic heterocycles. The van der Waals surface area contributed by atoms with Crippen LogP contribution in [0.3, 0.4) is 0 Å². The summed E-state index contributed by atoms with van der Waals surface area (Å²) in [6.07, 6.45) is 4.75. The van der Waals surface area contributed by atoms with Crippen molar-refractivity contribution in [2.24, 2.45) is 11.7 Å². The maximum Gasteiger partial charge on any atom is 0.241 e. The van der Waals surface area contributed by atoms with Gasteiger partial charge in [-0.05, 0) is 49.9 Å². The topological polar surface area (TPSA) is 106 Å². The maximum atomic E-state index is 12.7. The van der Waals surface area contributed by atoms with Crippen LogP contribution in [0.5, 0.6) is 0 Å². The fourth-order valence-corrected chi connectivity index (χ4v) is 5.34. The van der Waals surface area contributed by atoms with Gasteiger partial charge in [-0.15, -0.1) is 0 Å². The van der Waals surface area contributed by atoms with Gasteiger partial charge < -0.3 is 5.73 Å². The lowest BCUT2D eigenvalue weighted by Crippen LogP contribution is -2.44. The molecule has 23 heavy (non-hydrogen) atoms. The van der Waals surface area contributed by atoms with Gasteiger partial charge in [0.25, 0.3) is 0 Å². The molecular formula is C15H24N2O4S2. The smallest absolute Gasteiger partial charge is 0.241 e. The van der Waals surface area contributed by atoms with E-state index < -0.39 is 19.9 Å². The van der Waals surface area contributed by atoms with Crippen LogP contribution in [0.2, 0.25) is 0 Å². The van der Waals surface area contributed by atoms with E-state index in [1.165, 1.54) is 18.2 Å². The van der Waals surface area contributed by atoms with Crippen molar-refractivity contribution in [3.63, 3.8) is 0 Å². The predicted molar refractivity (Wildman–Crippen MR) is 89.4 cm³/mol. The van der Waals surface area contributed by atoms with Gasteiger partial charge >= 0.3 is 0 Å². The number of nitrogens with one attached hydrogen (secondary N) is 1. The lowest BCUT2D eigenvalue weighted by Gasteiger charge is -2.31. The van der Waals surface area contributed by atoms with Crippen LogP contribution < -0.4 is 10.5 Å². The Kier molecular flexibility index (Phi) is 5.50. The first-order chi connectivity index (χ1) is 10.6. The lowest BCUT2D eigenvalue weighted by atomic mass is 9.85. The molecule has 130 valence electrons. The Morgan fingerprint density at radius 3 is 2.43 bits per heavy atom. The third-order valence-corrected chi connectivity index (χ3v) is 7.14. The molecule has 1 fully saturated rings. The third-order valence-electron chi connectivity index (χ3n) is 4.40. The van der Waals surface area contributed by atoms with E-state index in [0.29, 0.717) is 12.1 Å². The van der Waals surface area contributed by atoms with Crippen molar-refractivity contribution < 1.29 is 16.8 Å². The molecule has 0 unspecified atom stereocenters. The molecule has 2 atom stereocenters. The highest BCUT2D eigenvalue weighted by molar-refractivity contribution is 7.91. The molecule has 0 heterocycles. The van der Waals surface area contributed by atoms with E-state index in [-0.39, 0.29) is 21.8 Å². The number of nitrogens with two attached hydrogens (primary N) is 1. The first kappa shape index (κ1) is 18.4. The molecule has 1 aromatic carbocycles. The third kappa shape index (κ3) is 4.32. The number of sulfonamides is 1. The minimum atomic E-state index is -3.79. The summed E-state index contributed by atoms with van der Waals surface area (Å²) in [7, 11) is -7.25. The average Bonchev–Trinajstić information content (AvgIpc) is 2.46. The number of benzene rings is 1. The van der Waals surface area contributed by atoms with Crippen LogP contribution >= 0.6 is 0 Å². The van der Waals surface area contributed by atoms with Gasteiger partial charge in [0.05, 0.1) is 9.79 Å². The van der Waals surface area contributed by atoms with Crippen molar-refractivity contribution in [3.8, 4) is 0 Å². The van der Waals surface area contributed by atoms with E-state index in [1.807, 2.05) is 0 Å². The molecule has 0 amide bonds. The van der Waals surface area contributed by atoms with Gasteiger partial charge in [-0.25, -0.2) is 21.6 Å². The largest absolute Gasteiger partial charge is 0.330 e. The van der Waals surface area contributed by atoms with Gasteiger partial charge in [0.2, 0.25) is 10.0 Å². The first-order valence-corrected chi connectivity index (χ1v) is 11.1. The van der Waals surface area contributed by atoms with Crippen LogP contribution in [0.1, 0.15) is 31.2 Å². The van der Waals surface area contributed by atoms with Gasteiger partial charge in [0.1, 0.15) is 0 Å². The zero-order chi connectivity index (χ0) is 17.3. The summed E-state index contributed by atoms with van der Waals surface area (Å²) in [5.74, 6) is 0.122. The Hall–Kier alpha value is -0.960. The number of hydrogen-bond acceptors (Lipinski definition) is 5. The molecule has 1 aliphatic carbocycles. The second-order valence-corrected chi connectivity index (χ2v) is 9.91. The van der Waals surface area contributed by atoms with Crippen molar-refractivity contribution >= 4 is 19.9 Å². The molecule has 2 rings (SSSR count). The molecule has 0 spiro atoms. The van der Waals surface area contributed by atoms with E-state index in [0.717, 1.165) is 31.9 Å². The first-order valence-electron chi connectivity index (χ1n) is 7.68. The normalized spacial score (nSPS) is 22.9. The molecule has 3 N–H and O–H groups in total. The van der Waals surface area contributed by atoms with Crippen LogP contribution in [-0.4, -0.2) is 35.7 Å². The molecule has 1 aliphatic rings. The minimum Gasteiger partial charge on any atom is -0.330 e. The Bertz CT molecular complexity index is 773. The minimum absolute atomic E-state index is 0.00231. The zero-order valence-electron chi connectivity index (χ0n) is 13.4. The molecular weight excluding hydrogens is 336 g/mol. The molecule has 6 nitrogen and oxygen atoms in total. The van der Waals surface area contributed by atoms with Crippen LogP contribution in [0.15, 0.2) is 28.0 Å². The van der Waals surface area contributed by atoms with Crippen molar-refractivity contribution in [2.45, 2.75) is 48.4 Å². The number of rotatable bonds is 5. The van der Waals surface area contributed by atoms with Crippen molar-refractivity contribution in [3.05, 3.63) is 23.8 Å². The molecule has 0 radical (unpaired) electrons. The van der Waals surface area contributed by atoms with E-state index in [9.17, 15) is 16.8 Å². The molecule has 1 saturated carbocycles. The Morgan fingerprint density at radius 2 is 1.83 bits per heavy atom. The number of aryl methyl sites for hydroxylation is 1. The van der Waals surface area contributed by atoms with E-state index in [4.69, 9.17) is 5.73 Å². The van der Waals surface area contributed by atoms with Gasteiger partial charge in [0, 0.05) is 12.3 Å². The summed E-state index contributed by atoms with van der Waals surface area (Å²) < 4.78 is 51.5. The van der Waals surface area contributed by atoms with Crippen LogP contribution in [0, 0.1) is 12.8 Å². The number of sulfone groups is 1. The predicted octanol–water partition coefficient (Wildman–Crippen LogP) is 1.19. The van der Waals surface area contributed by atoms with E-state index in [2.05, 4.69) is 4.72 Å². The fourth-order valence-electron chi connectivity index (χ4n) is 3.01. The summed E-state index contributed by atoms with van der Waals surface area (Å²) in [6, 6.07) is 3.98. The highest BCUT2D eigenvalue weighted by Gasteiger charge is 2.29. The molecule has 0 aliphatic heterocycles. The average molecular weight is 361 g/mol. The quantitative estimate of drug-likeness (QED) is 0.820. The zero-order valence-corrected chi connectivity index (χ0v) is 15.1. The molecule has 0 saturated heterocycles. The van der Waals surface area contributed by atoms with E-state index >= 15 is 0 Å². The Labute approximate surface area is 138 Å².